The lowest BCUT2D eigenvalue weighted by atomic mass is 9.89. The van der Waals surface area contributed by atoms with Gasteiger partial charge in [-0.25, -0.2) is 4.79 Å². The summed E-state index contributed by atoms with van der Waals surface area (Å²) in [6.45, 7) is 5.88. The topological polar surface area (TPSA) is 51.1 Å². The number of ether oxygens (including phenoxy) is 1. The van der Waals surface area contributed by atoms with Crippen LogP contribution in [-0.4, -0.2) is 40.9 Å². The zero-order chi connectivity index (χ0) is 13.2. The number of amides is 1. The Balaban J connectivity index is 1.78. The van der Waals surface area contributed by atoms with Gasteiger partial charge in [-0.1, -0.05) is 19.0 Å². The Hall–Kier alpha value is -0.780. The molecule has 0 aliphatic carbocycles. The van der Waals surface area contributed by atoms with Crippen LogP contribution in [0, 0.1) is 5.92 Å². The predicted molar refractivity (Wildman–Crippen MR) is 71.8 cm³/mol. The fraction of sp³-hybridized carbons (Fsp3) is 0.833. The molecule has 18 heavy (non-hydrogen) atoms. The highest BCUT2D eigenvalue weighted by Gasteiger charge is 2.42. The van der Waals surface area contributed by atoms with E-state index in [1.165, 1.54) is 0 Å². The average molecular weight is 319 g/mol. The number of halogens is 1. The zero-order valence-electron chi connectivity index (χ0n) is 10.8. The van der Waals surface area contributed by atoms with Gasteiger partial charge in [-0.2, -0.15) is 0 Å². The number of hydrogen-bond donors (Lipinski definition) is 0. The Labute approximate surface area is 116 Å². The lowest BCUT2D eigenvalue weighted by Crippen LogP contribution is -2.47. The van der Waals surface area contributed by atoms with E-state index in [2.05, 4.69) is 21.1 Å². The van der Waals surface area contributed by atoms with Crippen LogP contribution in [-0.2, 0) is 9.57 Å². The fourth-order valence-electron chi connectivity index (χ4n) is 2.17. The van der Waals surface area contributed by atoms with Gasteiger partial charge < -0.3 is 14.5 Å². The maximum Gasteiger partial charge on any atom is 0.409 e. The van der Waals surface area contributed by atoms with E-state index in [1.54, 1.807) is 4.90 Å². The molecule has 1 saturated heterocycles. The first kappa shape index (κ1) is 13.6. The summed E-state index contributed by atoms with van der Waals surface area (Å²) in [6.07, 6.45) is 2.21. The van der Waals surface area contributed by atoms with Crippen LogP contribution in [0.25, 0.3) is 0 Å². The fourth-order valence-corrected chi connectivity index (χ4v) is 2.75. The van der Waals surface area contributed by atoms with E-state index < -0.39 is 0 Å². The lowest BCUT2D eigenvalue weighted by Gasteiger charge is -2.36. The molecule has 0 unspecified atom stereocenters. The highest BCUT2D eigenvalue weighted by molar-refractivity contribution is 9.18. The summed E-state index contributed by atoms with van der Waals surface area (Å²) >= 11 is 3.35. The number of nitrogens with zero attached hydrogens (tertiary/aromatic N) is 2. The van der Waals surface area contributed by atoms with Crippen molar-refractivity contribution < 1.29 is 14.4 Å². The van der Waals surface area contributed by atoms with Gasteiger partial charge in [0.2, 0.25) is 0 Å². The third-order valence-corrected chi connectivity index (χ3v) is 3.70. The highest BCUT2D eigenvalue weighted by Crippen LogP contribution is 2.35. The van der Waals surface area contributed by atoms with Crippen molar-refractivity contribution in [2.75, 3.05) is 19.7 Å². The van der Waals surface area contributed by atoms with Crippen LogP contribution < -0.4 is 0 Å². The van der Waals surface area contributed by atoms with Gasteiger partial charge in [-0.15, -0.1) is 0 Å². The molecular formula is C12H19BrN2O3. The second-order valence-corrected chi connectivity index (χ2v) is 6.29. The van der Waals surface area contributed by atoms with Crippen LogP contribution in [0.15, 0.2) is 5.16 Å². The Morgan fingerprint density at radius 3 is 2.72 bits per heavy atom. The minimum Gasteiger partial charge on any atom is -0.449 e. The Kier molecular flexibility index (Phi) is 4.14. The monoisotopic (exact) mass is 318 g/mol. The van der Waals surface area contributed by atoms with Crippen molar-refractivity contribution in [2.24, 2.45) is 11.1 Å². The summed E-state index contributed by atoms with van der Waals surface area (Å²) in [5.41, 5.74) is -0.201. The summed E-state index contributed by atoms with van der Waals surface area (Å²) in [4.78, 5) is 19.0. The van der Waals surface area contributed by atoms with Crippen molar-refractivity contribution in [3.05, 3.63) is 0 Å². The minimum atomic E-state index is -0.212. The van der Waals surface area contributed by atoms with Crippen LogP contribution >= 0.6 is 15.9 Å². The number of likely N-dealkylation sites (tertiary alicyclic amines) is 1. The molecule has 0 radical (unpaired) electrons. The van der Waals surface area contributed by atoms with Gasteiger partial charge in [0.05, 0.1) is 6.61 Å². The molecule has 0 N–H and O–H groups in total. The molecule has 102 valence electrons. The van der Waals surface area contributed by atoms with E-state index in [0.717, 1.165) is 23.9 Å². The van der Waals surface area contributed by atoms with Crippen LogP contribution in [0.5, 0.6) is 0 Å². The van der Waals surface area contributed by atoms with Crippen LogP contribution in [0.3, 0.4) is 0 Å². The largest absolute Gasteiger partial charge is 0.449 e. The van der Waals surface area contributed by atoms with Crippen LogP contribution in [0.4, 0.5) is 4.79 Å². The number of rotatable bonds is 2. The molecule has 2 aliphatic heterocycles. The van der Waals surface area contributed by atoms with E-state index in [1.807, 2.05) is 13.8 Å². The third-order valence-electron chi connectivity index (χ3n) is 3.28. The number of carbonyl (C=O) groups is 1. The smallest absolute Gasteiger partial charge is 0.409 e. The standard InChI is InChI=1S/C12H19BrN2O3/c1-9(2)8-17-11(16)15-5-3-12(4-6-15)7-10(13)14-18-12/h9H,3-8H2,1-2H3. The van der Waals surface area contributed by atoms with Crippen molar-refractivity contribution in [1.82, 2.24) is 4.90 Å². The molecule has 0 bridgehead atoms. The van der Waals surface area contributed by atoms with Crippen molar-refractivity contribution in [3.63, 3.8) is 0 Å². The molecule has 6 heteroatoms. The summed E-state index contributed by atoms with van der Waals surface area (Å²) < 4.78 is 6.08. The molecule has 0 atom stereocenters. The van der Waals surface area contributed by atoms with E-state index >= 15 is 0 Å². The molecular weight excluding hydrogens is 300 g/mol. The molecule has 2 aliphatic rings. The summed E-state index contributed by atoms with van der Waals surface area (Å²) in [7, 11) is 0. The second kappa shape index (κ2) is 5.47. The maximum absolute atomic E-state index is 11.8. The lowest BCUT2D eigenvalue weighted by molar-refractivity contribution is -0.0596. The number of carbonyl (C=O) groups excluding carboxylic acids is 1. The van der Waals surface area contributed by atoms with Gasteiger partial charge >= 0.3 is 6.09 Å². The van der Waals surface area contributed by atoms with Crippen molar-refractivity contribution in [3.8, 4) is 0 Å². The first-order valence-corrected chi connectivity index (χ1v) is 7.12. The van der Waals surface area contributed by atoms with E-state index in [4.69, 9.17) is 9.57 Å². The van der Waals surface area contributed by atoms with Crippen LogP contribution in [0.1, 0.15) is 33.1 Å². The number of hydrogen-bond acceptors (Lipinski definition) is 4. The first-order valence-electron chi connectivity index (χ1n) is 6.33. The number of oxime groups is 1. The summed E-state index contributed by atoms with van der Waals surface area (Å²) in [5, 5.41) is 3.94. The molecule has 1 spiro atoms. The van der Waals surface area contributed by atoms with Gasteiger partial charge in [0.1, 0.15) is 10.2 Å². The first-order chi connectivity index (χ1) is 8.51. The van der Waals surface area contributed by atoms with Gasteiger partial charge in [0.25, 0.3) is 0 Å². The Bertz CT molecular complexity index is 349. The Morgan fingerprint density at radius 2 is 2.22 bits per heavy atom. The molecule has 0 aromatic rings. The SMILES string of the molecule is CC(C)COC(=O)N1CCC2(CC1)CC(Br)=NO2. The van der Waals surface area contributed by atoms with E-state index in [0.29, 0.717) is 25.6 Å². The Morgan fingerprint density at radius 1 is 1.56 bits per heavy atom. The molecule has 2 heterocycles. The van der Waals surface area contributed by atoms with Gasteiger partial charge in [0, 0.05) is 32.4 Å². The highest BCUT2D eigenvalue weighted by atomic mass is 79.9. The van der Waals surface area contributed by atoms with Crippen molar-refractivity contribution >= 4 is 26.6 Å². The second-order valence-electron chi connectivity index (χ2n) is 5.38. The van der Waals surface area contributed by atoms with Crippen LogP contribution in [0.2, 0.25) is 0 Å². The molecule has 0 aromatic heterocycles. The molecule has 1 amide bonds. The van der Waals surface area contributed by atoms with Gasteiger partial charge in [0.15, 0.2) is 0 Å². The predicted octanol–water partition coefficient (Wildman–Crippen LogP) is 2.74. The average Bonchev–Trinajstić information content (AvgIpc) is 2.68. The summed E-state index contributed by atoms with van der Waals surface area (Å²) in [5.74, 6) is 0.368. The van der Waals surface area contributed by atoms with E-state index in [9.17, 15) is 4.79 Å². The van der Waals surface area contributed by atoms with Gasteiger partial charge in [-0.3, -0.25) is 0 Å². The normalized spacial score (nSPS) is 22.0. The molecule has 1 fully saturated rings. The third kappa shape index (κ3) is 3.16. The van der Waals surface area contributed by atoms with E-state index in [-0.39, 0.29) is 11.7 Å². The minimum absolute atomic E-state index is 0.201. The molecule has 2 rings (SSSR count). The zero-order valence-corrected chi connectivity index (χ0v) is 12.4. The number of piperidine rings is 1. The van der Waals surface area contributed by atoms with Crippen molar-refractivity contribution in [2.45, 2.75) is 38.7 Å². The molecule has 0 saturated carbocycles. The maximum atomic E-state index is 11.8. The van der Waals surface area contributed by atoms with Gasteiger partial charge in [-0.05, 0) is 21.8 Å². The van der Waals surface area contributed by atoms with Crippen molar-refractivity contribution in [1.29, 1.82) is 0 Å². The summed E-state index contributed by atoms with van der Waals surface area (Å²) in [6, 6.07) is 0. The molecule has 0 aromatic carbocycles. The quantitative estimate of drug-likeness (QED) is 0.786. The molecule has 5 nitrogen and oxygen atoms in total.